The summed E-state index contributed by atoms with van der Waals surface area (Å²) in [6.45, 7) is 4.13. The van der Waals surface area contributed by atoms with E-state index in [9.17, 15) is 0 Å². The Balaban J connectivity index is 1.71. The molecule has 1 heterocycles. The molecule has 1 aliphatic heterocycles. The Morgan fingerprint density at radius 1 is 1.50 bits per heavy atom. The first-order valence-electron chi connectivity index (χ1n) is 5.81. The van der Waals surface area contributed by atoms with Gasteiger partial charge in [0.25, 0.3) is 0 Å². The van der Waals surface area contributed by atoms with Crippen LogP contribution in [0.2, 0.25) is 0 Å². The maximum absolute atomic E-state index is 5.87. The van der Waals surface area contributed by atoms with Crippen molar-refractivity contribution in [3.63, 3.8) is 0 Å². The number of hydrogen-bond acceptors (Lipinski definition) is 3. The van der Waals surface area contributed by atoms with Gasteiger partial charge in [0.15, 0.2) is 0 Å². The van der Waals surface area contributed by atoms with Crippen LogP contribution in [0.15, 0.2) is 0 Å². The first-order valence-corrected chi connectivity index (χ1v) is 5.81. The molecule has 0 aromatic carbocycles. The van der Waals surface area contributed by atoms with E-state index >= 15 is 0 Å². The molecule has 3 heteroatoms. The van der Waals surface area contributed by atoms with Crippen molar-refractivity contribution in [2.75, 3.05) is 13.2 Å². The lowest BCUT2D eigenvalue weighted by Gasteiger charge is -2.25. The molecule has 3 unspecified atom stereocenters. The fourth-order valence-electron chi connectivity index (χ4n) is 2.54. The van der Waals surface area contributed by atoms with Crippen LogP contribution in [0.5, 0.6) is 0 Å². The molecule has 0 aromatic rings. The van der Waals surface area contributed by atoms with E-state index in [4.69, 9.17) is 10.5 Å². The van der Waals surface area contributed by atoms with Gasteiger partial charge in [-0.1, -0.05) is 0 Å². The maximum Gasteiger partial charge on any atom is 0.0779 e. The quantitative estimate of drug-likeness (QED) is 0.712. The minimum Gasteiger partial charge on any atom is -0.374 e. The van der Waals surface area contributed by atoms with Gasteiger partial charge in [-0.05, 0) is 39.0 Å². The summed E-state index contributed by atoms with van der Waals surface area (Å²) in [6, 6.07) is 1.05. The summed E-state index contributed by atoms with van der Waals surface area (Å²) >= 11 is 0. The van der Waals surface area contributed by atoms with E-state index in [-0.39, 0.29) is 5.60 Å². The predicted octanol–water partition coefficient (Wildman–Crippen LogP) is 1.02. The number of hydrogen-bond donors (Lipinski definition) is 2. The van der Waals surface area contributed by atoms with Gasteiger partial charge in [-0.15, -0.1) is 0 Å². The van der Waals surface area contributed by atoms with Gasteiger partial charge in [0.2, 0.25) is 0 Å². The Hall–Kier alpha value is -0.120. The Kier molecular flexibility index (Phi) is 3.10. The molecule has 3 N–H and O–H groups in total. The SMILES string of the molecule is CC1(CNC2CCC(N)C2)CCCO1. The summed E-state index contributed by atoms with van der Waals surface area (Å²) in [5.41, 5.74) is 5.96. The Bertz CT molecular complexity index is 190. The van der Waals surface area contributed by atoms with Crippen molar-refractivity contribution in [1.82, 2.24) is 5.32 Å². The van der Waals surface area contributed by atoms with Crippen molar-refractivity contribution in [3.8, 4) is 0 Å². The Labute approximate surface area is 86.4 Å². The zero-order chi connectivity index (χ0) is 10.0. The summed E-state index contributed by atoms with van der Waals surface area (Å²) in [7, 11) is 0. The zero-order valence-electron chi connectivity index (χ0n) is 9.09. The number of nitrogens with two attached hydrogens (primary N) is 1. The average molecular weight is 198 g/mol. The van der Waals surface area contributed by atoms with Gasteiger partial charge in [0, 0.05) is 25.2 Å². The summed E-state index contributed by atoms with van der Waals surface area (Å²) < 4.78 is 5.73. The van der Waals surface area contributed by atoms with E-state index in [1.165, 1.54) is 25.7 Å². The number of rotatable bonds is 3. The molecule has 2 rings (SSSR count). The van der Waals surface area contributed by atoms with Gasteiger partial charge in [-0.25, -0.2) is 0 Å². The van der Waals surface area contributed by atoms with Gasteiger partial charge in [-0.3, -0.25) is 0 Å². The third-order valence-corrected chi connectivity index (χ3v) is 3.54. The van der Waals surface area contributed by atoms with Gasteiger partial charge >= 0.3 is 0 Å². The molecule has 0 spiro atoms. The molecule has 0 radical (unpaired) electrons. The van der Waals surface area contributed by atoms with Crippen molar-refractivity contribution in [2.24, 2.45) is 5.73 Å². The molecular weight excluding hydrogens is 176 g/mol. The largest absolute Gasteiger partial charge is 0.374 e. The summed E-state index contributed by atoms with van der Waals surface area (Å²) in [5.74, 6) is 0. The standard InChI is InChI=1S/C11H22N2O/c1-11(5-2-6-14-11)8-13-10-4-3-9(12)7-10/h9-10,13H,2-8,12H2,1H3. The van der Waals surface area contributed by atoms with Crippen LogP contribution in [0.1, 0.15) is 39.0 Å². The molecule has 82 valence electrons. The second kappa shape index (κ2) is 4.17. The van der Waals surface area contributed by atoms with Crippen molar-refractivity contribution in [2.45, 2.75) is 56.7 Å². The van der Waals surface area contributed by atoms with Crippen LogP contribution >= 0.6 is 0 Å². The fraction of sp³-hybridized carbons (Fsp3) is 1.00. The first kappa shape index (κ1) is 10.4. The maximum atomic E-state index is 5.87. The lowest BCUT2D eigenvalue weighted by atomic mass is 10.0. The third-order valence-electron chi connectivity index (χ3n) is 3.54. The van der Waals surface area contributed by atoms with E-state index in [0.29, 0.717) is 12.1 Å². The minimum absolute atomic E-state index is 0.0900. The first-order chi connectivity index (χ1) is 6.68. The van der Waals surface area contributed by atoms with Crippen LogP contribution in [0.25, 0.3) is 0 Å². The minimum atomic E-state index is 0.0900. The van der Waals surface area contributed by atoms with E-state index < -0.39 is 0 Å². The molecule has 3 nitrogen and oxygen atoms in total. The van der Waals surface area contributed by atoms with Crippen molar-refractivity contribution < 1.29 is 4.74 Å². The molecule has 1 saturated heterocycles. The van der Waals surface area contributed by atoms with E-state index in [0.717, 1.165) is 19.6 Å². The van der Waals surface area contributed by atoms with Gasteiger partial charge in [-0.2, -0.15) is 0 Å². The van der Waals surface area contributed by atoms with E-state index in [1.54, 1.807) is 0 Å². The van der Waals surface area contributed by atoms with Crippen molar-refractivity contribution in [1.29, 1.82) is 0 Å². The number of nitrogens with one attached hydrogen (secondary N) is 1. The summed E-state index contributed by atoms with van der Waals surface area (Å²) in [6.07, 6.45) is 5.95. The fourth-order valence-corrected chi connectivity index (χ4v) is 2.54. The molecule has 14 heavy (non-hydrogen) atoms. The molecule has 2 fully saturated rings. The summed E-state index contributed by atoms with van der Waals surface area (Å²) in [5, 5.41) is 3.59. The predicted molar refractivity (Wildman–Crippen MR) is 57.2 cm³/mol. The lowest BCUT2D eigenvalue weighted by molar-refractivity contribution is 0.0188. The highest BCUT2D eigenvalue weighted by atomic mass is 16.5. The lowest BCUT2D eigenvalue weighted by Crippen LogP contribution is -2.41. The Morgan fingerprint density at radius 3 is 2.93 bits per heavy atom. The summed E-state index contributed by atoms with van der Waals surface area (Å²) in [4.78, 5) is 0. The van der Waals surface area contributed by atoms with E-state index in [2.05, 4.69) is 12.2 Å². The second-order valence-electron chi connectivity index (χ2n) is 5.05. The zero-order valence-corrected chi connectivity index (χ0v) is 9.09. The van der Waals surface area contributed by atoms with Crippen LogP contribution in [-0.4, -0.2) is 30.8 Å². The van der Waals surface area contributed by atoms with Gasteiger partial charge in [0.1, 0.15) is 0 Å². The van der Waals surface area contributed by atoms with Gasteiger partial charge < -0.3 is 15.8 Å². The highest BCUT2D eigenvalue weighted by molar-refractivity contribution is 4.88. The van der Waals surface area contributed by atoms with Crippen LogP contribution < -0.4 is 11.1 Å². The normalized spacial score (nSPS) is 43.3. The van der Waals surface area contributed by atoms with Crippen LogP contribution in [0.4, 0.5) is 0 Å². The highest BCUT2D eigenvalue weighted by Crippen LogP contribution is 2.25. The van der Waals surface area contributed by atoms with E-state index in [1.807, 2.05) is 0 Å². The topological polar surface area (TPSA) is 47.3 Å². The molecule has 1 aliphatic carbocycles. The molecule has 0 aromatic heterocycles. The van der Waals surface area contributed by atoms with Gasteiger partial charge in [0.05, 0.1) is 5.60 Å². The van der Waals surface area contributed by atoms with Crippen LogP contribution in [0.3, 0.4) is 0 Å². The number of ether oxygens (including phenoxy) is 1. The molecule has 1 saturated carbocycles. The third kappa shape index (κ3) is 2.47. The Morgan fingerprint density at radius 2 is 2.36 bits per heavy atom. The molecule has 2 aliphatic rings. The van der Waals surface area contributed by atoms with Crippen molar-refractivity contribution in [3.05, 3.63) is 0 Å². The molecule has 3 atom stereocenters. The second-order valence-corrected chi connectivity index (χ2v) is 5.05. The van der Waals surface area contributed by atoms with Crippen molar-refractivity contribution >= 4 is 0 Å². The monoisotopic (exact) mass is 198 g/mol. The van der Waals surface area contributed by atoms with Crippen LogP contribution in [-0.2, 0) is 4.74 Å². The molecule has 0 amide bonds. The molecule has 0 bridgehead atoms. The van der Waals surface area contributed by atoms with Crippen LogP contribution in [0, 0.1) is 0 Å². The highest BCUT2D eigenvalue weighted by Gasteiger charge is 2.31. The smallest absolute Gasteiger partial charge is 0.0779 e. The average Bonchev–Trinajstić information content (AvgIpc) is 2.73. The molecular formula is C11H22N2O.